The van der Waals surface area contributed by atoms with E-state index in [-0.39, 0.29) is 36.0 Å². The molecule has 0 spiro atoms. The summed E-state index contributed by atoms with van der Waals surface area (Å²) < 4.78 is 5.70. The molecule has 3 unspecified atom stereocenters. The van der Waals surface area contributed by atoms with Gasteiger partial charge in [0.1, 0.15) is 0 Å². The van der Waals surface area contributed by atoms with Gasteiger partial charge in [0, 0.05) is 33.1 Å². The average Bonchev–Trinajstić information content (AvgIpc) is 2.52. The van der Waals surface area contributed by atoms with Crippen molar-refractivity contribution >= 4 is 11.8 Å². The highest BCUT2D eigenvalue weighted by atomic mass is 16.5. The van der Waals surface area contributed by atoms with Crippen molar-refractivity contribution in [3.63, 3.8) is 0 Å². The average molecular weight is 325 g/mol. The third kappa shape index (κ3) is 4.44. The molecule has 0 aromatic heterocycles. The fraction of sp³-hybridized carbons (Fsp3) is 0.882. The Morgan fingerprint density at radius 3 is 2.09 bits per heavy atom. The van der Waals surface area contributed by atoms with Gasteiger partial charge in [0.15, 0.2) is 0 Å². The van der Waals surface area contributed by atoms with E-state index in [4.69, 9.17) is 4.74 Å². The molecule has 132 valence electrons. The number of nitrogens with zero attached hydrogens (tertiary/aromatic N) is 3. The molecular formula is C17H31N3O3. The van der Waals surface area contributed by atoms with Gasteiger partial charge in [-0.15, -0.1) is 0 Å². The van der Waals surface area contributed by atoms with E-state index in [1.165, 1.54) is 0 Å². The van der Waals surface area contributed by atoms with Crippen molar-refractivity contribution < 1.29 is 14.3 Å². The Morgan fingerprint density at radius 1 is 1.09 bits per heavy atom. The first kappa shape index (κ1) is 18.2. The van der Waals surface area contributed by atoms with Gasteiger partial charge in [0.05, 0.1) is 18.2 Å². The highest BCUT2D eigenvalue weighted by molar-refractivity contribution is 5.82. The molecular weight excluding hydrogens is 294 g/mol. The van der Waals surface area contributed by atoms with Crippen molar-refractivity contribution in [3.05, 3.63) is 0 Å². The van der Waals surface area contributed by atoms with E-state index in [0.29, 0.717) is 13.1 Å². The van der Waals surface area contributed by atoms with Crippen LogP contribution in [0.1, 0.15) is 33.6 Å². The molecule has 0 aliphatic carbocycles. The second-order valence-corrected chi connectivity index (χ2v) is 7.22. The Balaban J connectivity index is 1.88. The number of likely N-dealkylation sites (tertiary alicyclic amines) is 1. The number of amides is 2. The summed E-state index contributed by atoms with van der Waals surface area (Å²) in [7, 11) is 3.61. The van der Waals surface area contributed by atoms with Crippen LogP contribution in [0.3, 0.4) is 0 Å². The summed E-state index contributed by atoms with van der Waals surface area (Å²) in [6.45, 7) is 8.98. The highest BCUT2D eigenvalue weighted by Crippen LogP contribution is 2.22. The van der Waals surface area contributed by atoms with Gasteiger partial charge >= 0.3 is 0 Å². The van der Waals surface area contributed by atoms with Crippen LogP contribution in [-0.2, 0) is 14.3 Å². The molecule has 0 aromatic rings. The van der Waals surface area contributed by atoms with Crippen molar-refractivity contribution in [3.8, 4) is 0 Å². The lowest BCUT2D eigenvalue weighted by atomic mass is 9.94. The lowest BCUT2D eigenvalue weighted by Gasteiger charge is -2.40. The predicted molar refractivity (Wildman–Crippen MR) is 89.0 cm³/mol. The minimum atomic E-state index is -0.122. The van der Waals surface area contributed by atoms with Crippen molar-refractivity contribution in [1.82, 2.24) is 14.7 Å². The molecule has 2 aliphatic heterocycles. The van der Waals surface area contributed by atoms with Gasteiger partial charge < -0.3 is 14.5 Å². The molecule has 2 saturated heterocycles. The van der Waals surface area contributed by atoms with E-state index in [1.54, 1.807) is 4.90 Å². The molecule has 0 N–H and O–H groups in total. The normalized spacial score (nSPS) is 28.5. The van der Waals surface area contributed by atoms with E-state index < -0.39 is 0 Å². The second-order valence-electron chi connectivity index (χ2n) is 7.22. The second kappa shape index (κ2) is 7.62. The quantitative estimate of drug-likeness (QED) is 0.771. The summed E-state index contributed by atoms with van der Waals surface area (Å²) in [5.41, 5.74) is 0. The highest BCUT2D eigenvalue weighted by Gasteiger charge is 2.34. The molecule has 2 amide bonds. The predicted octanol–water partition coefficient (Wildman–Crippen LogP) is 0.811. The fourth-order valence-corrected chi connectivity index (χ4v) is 3.68. The van der Waals surface area contributed by atoms with Gasteiger partial charge in [-0.1, -0.05) is 0 Å². The molecule has 6 heteroatoms. The van der Waals surface area contributed by atoms with Crippen LogP contribution in [0.4, 0.5) is 0 Å². The van der Waals surface area contributed by atoms with Gasteiger partial charge in [-0.2, -0.15) is 0 Å². The Labute approximate surface area is 139 Å². The van der Waals surface area contributed by atoms with Gasteiger partial charge in [0.2, 0.25) is 11.8 Å². The minimum Gasteiger partial charge on any atom is -0.372 e. The molecule has 0 bridgehead atoms. The van der Waals surface area contributed by atoms with E-state index in [9.17, 15) is 9.59 Å². The third-order valence-corrected chi connectivity index (χ3v) is 4.96. The largest absolute Gasteiger partial charge is 0.372 e. The van der Waals surface area contributed by atoms with Crippen LogP contribution < -0.4 is 0 Å². The first-order valence-electron chi connectivity index (χ1n) is 8.69. The summed E-state index contributed by atoms with van der Waals surface area (Å²) in [6, 6.07) is -0.122. The van der Waals surface area contributed by atoms with Gasteiger partial charge in [0.25, 0.3) is 0 Å². The first-order chi connectivity index (χ1) is 10.8. The molecule has 2 aliphatic rings. The van der Waals surface area contributed by atoms with E-state index in [0.717, 1.165) is 25.9 Å². The van der Waals surface area contributed by atoms with Crippen LogP contribution in [0.5, 0.6) is 0 Å². The summed E-state index contributed by atoms with van der Waals surface area (Å²) >= 11 is 0. The van der Waals surface area contributed by atoms with Gasteiger partial charge in [-0.3, -0.25) is 14.5 Å². The molecule has 2 fully saturated rings. The Hall–Kier alpha value is -1.14. The van der Waals surface area contributed by atoms with Crippen LogP contribution in [-0.4, -0.2) is 85.0 Å². The lowest BCUT2D eigenvalue weighted by Crippen LogP contribution is -2.55. The molecule has 0 saturated carbocycles. The third-order valence-electron chi connectivity index (χ3n) is 4.96. The zero-order chi connectivity index (χ0) is 17.1. The lowest BCUT2D eigenvalue weighted by molar-refractivity contribution is -0.149. The topological polar surface area (TPSA) is 53.1 Å². The fourth-order valence-electron chi connectivity index (χ4n) is 3.68. The number of hydrogen-bond donors (Lipinski definition) is 0. The molecule has 2 heterocycles. The van der Waals surface area contributed by atoms with Crippen molar-refractivity contribution in [2.45, 2.75) is 51.9 Å². The Kier molecular flexibility index (Phi) is 6.03. The molecule has 3 atom stereocenters. The number of piperidine rings is 1. The van der Waals surface area contributed by atoms with Crippen LogP contribution >= 0.6 is 0 Å². The monoisotopic (exact) mass is 325 g/mol. The summed E-state index contributed by atoms with van der Waals surface area (Å²) in [5.74, 6) is 0.496. The Morgan fingerprint density at radius 2 is 1.61 bits per heavy atom. The van der Waals surface area contributed by atoms with Crippen molar-refractivity contribution in [2.24, 2.45) is 5.92 Å². The number of carbonyl (C=O) groups is 2. The molecule has 23 heavy (non-hydrogen) atoms. The number of hydrogen-bond acceptors (Lipinski definition) is 4. The van der Waals surface area contributed by atoms with E-state index >= 15 is 0 Å². The van der Waals surface area contributed by atoms with Gasteiger partial charge in [-0.25, -0.2) is 0 Å². The van der Waals surface area contributed by atoms with Crippen LogP contribution in [0.25, 0.3) is 0 Å². The SMILES string of the molecule is CC1CN(C(=O)C(C)N2CCC(C(=O)N(C)C)CC2)CC(C)O1. The number of ether oxygens (including phenoxy) is 1. The number of rotatable bonds is 3. The zero-order valence-electron chi connectivity index (χ0n) is 15.1. The standard InChI is InChI=1S/C17H31N3O3/c1-12-10-20(11-13(2)23-12)16(21)14(3)19-8-6-15(7-9-19)17(22)18(4)5/h12-15H,6-11H2,1-5H3. The van der Waals surface area contributed by atoms with E-state index in [2.05, 4.69) is 4.90 Å². The van der Waals surface area contributed by atoms with Crippen LogP contribution in [0.2, 0.25) is 0 Å². The van der Waals surface area contributed by atoms with Crippen molar-refractivity contribution in [1.29, 1.82) is 0 Å². The van der Waals surface area contributed by atoms with Crippen molar-refractivity contribution in [2.75, 3.05) is 40.3 Å². The minimum absolute atomic E-state index is 0.0957. The number of morpholine rings is 1. The van der Waals surface area contributed by atoms with E-state index in [1.807, 2.05) is 39.8 Å². The maximum absolute atomic E-state index is 12.8. The maximum Gasteiger partial charge on any atom is 0.239 e. The van der Waals surface area contributed by atoms with Gasteiger partial charge in [-0.05, 0) is 46.7 Å². The first-order valence-corrected chi connectivity index (χ1v) is 8.69. The number of carbonyl (C=O) groups excluding carboxylic acids is 2. The summed E-state index contributed by atoms with van der Waals surface area (Å²) in [4.78, 5) is 30.6. The molecule has 0 aromatic carbocycles. The van der Waals surface area contributed by atoms with Crippen LogP contribution in [0.15, 0.2) is 0 Å². The molecule has 2 rings (SSSR count). The summed E-state index contributed by atoms with van der Waals surface area (Å²) in [5, 5.41) is 0. The maximum atomic E-state index is 12.8. The Bertz CT molecular complexity index is 423. The zero-order valence-corrected chi connectivity index (χ0v) is 15.1. The smallest absolute Gasteiger partial charge is 0.239 e. The molecule has 0 radical (unpaired) electrons. The summed E-state index contributed by atoms with van der Waals surface area (Å²) in [6.07, 6.45) is 1.87. The molecule has 6 nitrogen and oxygen atoms in total. The van der Waals surface area contributed by atoms with Crippen LogP contribution in [0, 0.1) is 5.92 Å².